The summed E-state index contributed by atoms with van der Waals surface area (Å²) in [6.45, 7) is 4.60. The van der Waals surface area contributed by atoms with Crippen LogP contribution < -0.4 is 5.32 Å². The van der Waals surface area contributed by atoms with E-state index >= 15 is 0 Å². The highest BCUT2D eigenvalue weighted by Gasteiger charge is 2.15. The van der Waals surface area contributed by atoms with Crippen LogP contribution in [0.25, 0.3) is 0 Å². The first-order chi connectivity index (χ1) is 7.70. The second-order valence-corrected chi connectivity index (χ2v) is 3.92. The van der Waals surface area contributed by atoms with Crippen LogP contribution in [0.3, 0.4) is 0 Å². The maximum atomic E-state index is 9.00. The van der Waals surface area contributed by atoms with Crippen LogP contribution in [0.15, 0.2) is 40.4 Å². The van der Waals surface area contributed by atoms with Crippen LogP contribution in [0, 0.1) is 18.3 Å². The van der Waals surface area contributed by atoms with Gasteiger partial charge in [0.25, 0.3) is 0 Å². The zero-order chi connectivity index (χ0) is 11.5. The second-order valence-electron chi connectivity index (χ2n) is 3.92. The Bertz CT molecular complexity index is 501. The molecule has 3 heteroatoms. The Morgan fingerprint density at radius 2 is 1.94 bits per heavy atom. The topological polar surface area (TPSA) is 48.2 Å². The number of nitrogens with zero attached hydrogens (tertiary/aromatic N) is 2. The van der Waals surface area contributed by atoms with E-state index in [-0.39, 0.29) is 0 Å². The van der Waals surface area contributed by atoms with Gasteiger partial charge in [0.15, 0.2) is 0 Å². The number of aliphatic imine (C=N–C) groups is 1. The fraction of sp³-hybridized carbons (Fsp3) is 0.231. The molecule has 0 atom stereocenters. The Morgan fingerprint density at radius 3 is 2.56 bits per heavy atom. The average molecular weight is 211 g/mol. The molecule has 16 heavy (non-hydrogen) atoms. The maximum absolute atomic E-state index is 9.00. The molecule has 1 aromatic carbocycles. The van der Waals surface area contributed by atoms with Crippen LogP contribution in [-0.2, 0) is 0 Å². The number of nitriles is 1. The summed E-state index contributed by atoms with van der Waals surface area (Å²) in [4.78, 5) is 4.30. The van der Waals surface area contributed by atoms with Gasteiger partial charge in [-0.2, -0.15) is 5.26 Å². The van der Waals surface area contributed by atoms with E-state index in [1.165, 1.54) is 5.56 Å². The molecule has 1 aliphatic heterocycles. The summed E-state index contributed by atoms with van der Waals surface area (Å²) in [7, 11) is 0. The number of rotatable bonds is 1. The van der Waals surface area contributed by atoms with Crippen LogP contribution >= 0.6 is 0 Å². The van der Waals surface area contributed by atoms with Gasteiger partial charge in [0.05, 0.1) is 12.1 Å². The van der Waals surface area contributed by atoms with E-state index in [9.17, 15) is 0 Å². The van der Waals surface area contributed by atoms with Crippen molar-refractivity contribution in [1.82, 2.24) is 0 Å². The van der Waals surface area contributed by atoms with E-state index in [0.29, 0.717) is 18.0 Å². The normalized spacial score (nSPS) is 14.7. The standard InChI is InChI=1S/C13H13N3/c1-9-3-5-11(6-4-9)16-13-12(7-14)10(2)8-15-13/h3-6H,8H2,1-2H3,(H,15,16). The number of benzene rings is 1. The van der Waals surface area contributed by atoms with Crippen LogP contribution in [0.4, 0.5) is 5.69 Å². The molecule has 1 aliphatic rings. The van der Waals surface area contributed by atoms with Crippen LogP contribution in [-0.4, -0.2) is 12.4 Å². The number of anilines is 1. The summed E-state index contributed by atoms with van der Waals surface area (Å²) in [6, 6.07) is 10.2. The fourth-order valence-corrected chi connectivity index (χ4v) is 1.58. The Labute approximate surface area is 95.1 Å². The van der Waals surface area contributed by atoms with Crippen LogP contribution in [0.5, 0.6) is 0 Å². The van der Waals surface area contributed by atoms with Crippen molar-refractivity contribution in [2.75, 3.05) is 11.9 Å². The molecule has 1 aromatic rings. The van der Waals surface area contributed by atoms with E-state index in [1.54, 1.807) is 0 Å². The number of hydrogen-bond acceptors (Lipinski definition) is 3. The Kier molecular flexibility index (Phi) is 2.74. The molecule has 1 heterocycles. The van der Waals surface area contributed by atoms with Crippen LogP contribution in [0.2, 0.25) is 0 Å². The highest BCUT2D eigenvalue weighted by Crippen LogP contribution is 2.17. The minimum absolute atomic E-state index is 0.622. The lowest BCUT2D eigenvalue weighted by Crippen LogP contribution is -2.11. The molecule has 3 nitrogen and oxygen atoms in total. The smallest absolute Gasteiger partial charge is 0.143 e. The van der Waals surface area contributed by atoms with Crippen molar-refractivity contribution in [2.24, 2.45) is 4.99 Å². The zero-order valence-electron chi connectivity index (χ0n) is 9.41. The SMILES string of the molecule is CC1=C(C#N)C(Nc2ccc(C)cc2)=NC1. The molecule has 0 aliphatic carbocycles. The maximum Gasteiger partial charge on any atom is 0.143 e. The van der Waals surface area contributed by atoms with Crippen molar-refractivity contribution in [3.8, 4) is 6.07 Å². The van der Waals surface area contributed by atoms with E-state index in [0.717, 1.165) is 11.3 Å². The summed E-state index contributed by atoms with van der Waals surface area (Å²) in [5.74, 6) is 0.684. The molecule has 0 saturated carbocycles. The average Bonchev–Trinajstić information content (AvgIpc) is 2.63. The van der Waals surface area contributed by atoms with E-state index in [1.807, 2.05) is 38.1 Å². The number of aryl methyl sites for hydroxylation is 1. The van der Waals surface area contributed by atoms with Gasteiger partial charge in [-0.25, -0.2) is 0 Å². The molecule has 0 aromatic heterocycles. The predicted molar refractivity (Wildman–Crippen MR) is 65.4 cm³/mol. The zero-order valence-corrected chi connectivity index (χ0v) is 9.41. The lowest BCUT2D eigenvalue weighted by molar-refractivity contribution is 1.17. The van der Waals surface area contributed by atoms with Crippen molar-refractivity contribution in [3.63, 3.8) is 0 Å². The summed E-state index contributed by atoms with van der Waals surface area (Å²) in [5, 5.41) is 12.2. The molecule has 80 valence electrons. The molecule has 1 N–H and O–H groups in total. The van der Waals surface area contributed by atoms with Gasteiger partial charge in [-0.1, -0.05) is 17.7 Å². The molecule has 0 amide bonds. The summed E-state index contributed by atoms with van der Waals surface area (Å²) >= 11 is 0. The van der Waals surface area contributed by atoms with Gasteiger partial charge in [0.1, 0.15) is 11.9 Å². The minimum atomic E-state index is 0.622. The molecule has 0 radical (unpaired) electrons. The first-order valence-electron chi connectivity index (χ1n) is 5.19. The molecular weight excluding hydrogens is 198 g/mol. The Morgan fingerprint density at radius 1 is 1.25 bits per heavy atom. The second kappa shape index (κ2) is 4.19. The first-order valence-corrected chi connectivity index (χ1v) is 5.19. The Hall–Kier alpha value is -2.08. The molecule has 0 unspecified atom stereocenters. The lowest BCUT2D eigenvalue weighted by atomic mass is 10.1. The Balaban J connectivity index is 2.18. The third-order valence-electron chi connectivity index (χ3n) is 2.56. The van der Waals surface area contributed by atoms with Crippen molar-refractivity contribution < 1.29 is 0 Å². The first kappa shape index (κ1) is 10.4. The molecule has 0 saturated heterocycles. The van der Waals surface area contributed by atoms with Gasteiger partial charge in [-0.15, -0.1) is 0 Å². The van der Waals surface area contributed by atoms with Gasteiger partial charge in [0, 0.05) is 5.69 Å². The fourth-order valence-electron chi connectivity index (χ4n) is 1.58. The lowest BCUT2D eigenvalue weighted by Gasteiger charge is -2.06. The van der Waals surface area contributed by atoms with Crippen molar-refractivity contribution in [2.45, 2.75) is 13.8 Å². The third kappa shape index (κ3) is 1.96. The van der Waals surface area contributed by atoms with Crippen molar-refractivity contribution >= 4 is 11.5 Å². The summed E-state index contributed by atoms with van der Waals surface area (Å²) < 4.78 is 0. The molecule has 0 bridgehead atoms. The van der Waals surface area contributed by atoms with Gasteiger partial charge in [-0.05, 0) is 31.6 Å². The van der Waals surface area contributed by atoms with Crippen LogP contribution in [0.1, 0.15) is 12.5 Å². The molecule has 2 rings (SSSR count). The summed E-state index contributed by atoms with van der Waals surface area (Å²) in [6.07, 6.45) is 0. The van der Waals surface area contributed by atoms with Gasteiger partial charge in [0.2, 0.25) is 0 Å². The largest absolute Gasteiger partial charge is 0.339 e. The van der Waals surface area contributed by atoms with Gasteiger partial charge < -0.3 is 5.32 Å². The number of hydrogen-bond donors (Lipinski definition) is 1. The highest BCUT2D eigenvalue weighted by atomic mass is 15.0. The number of amidine groups is 1. The highest BCUT2D eigenvalue weighted by molar-refractivity contribution is 6.12. The van der Waals surface area contributed by atoms with E-state index in [4.69, 9.17) is 5.26 Å². The van der Waals surface area contributed by atoms with Gasteiger partial charge >= 0.3 is 0 Å². The number of nitrogens with one attached hydrogen (secondary N) is 1. The van der Waals surface area contributed by atoms with Crippen molar-refractivity contribution in [3.05, 3.63) is 41.0 Å². The van der Waals surface area contributed by atoms with Crippen molar-refractivity contribution in [1.29, 1.82) is 5.26 Å². The monoisotopic (exact) mass is 211 g/mol. The molecule has 0 spiro atoms. The minimum Gasteiger partial charge on any atom is -0.339 e. The molecule has 0 fully saturated rings. The quantitative estimate of drug-likeness (QED) is 0.776. The summed E-state index contributed by atoms with van der Waals surface area (Å²) in [5.41, 5.74) is 3.87. The van der Waals surface area contributed by atoms with Gasteiger partial charge in [-0.3, -0.25) is 4.99 Å². The van der Waals surface area contributed by atoms with E-state index in [2.05, 4.69) is 16.4 Å². The predicted octanol–water partition coefficient (Wildman–Crippen LogP) is 2.66. The van der Waals surface area contributed by atoms with E-state index < -0.39 is 0 Å². The molecular formula is C13H13N3. The third-order valence-corrected chi connectivity index (χ3v) is 2.56.